The van der Waals surface area contributed by atoms with Crippen molar-refractivity contribution in [2.24, 2.45) is 5.10 Å². The molecule has 0 aliphatic rings. The van der Waals surface area contributed by atoms with Crippen molar-refractivity contribution in [3.63, 3.8) is 0 Å². The summed E-state index contributed by atoms with van der Waals surface area (Å²) in [4.78, 5) is 22.6. The maximum atomic E-state index is 12.1. The molecule has 0 aliphatic heterocycles. The standard InChI is InChI=1S/C19H21N3O5/c1-13(2)27-19-15(8-6-10-17(19)26-3)12-20-21-18(23)11-14-7-4-5-9-16(14)22(24)25/h4-10,12-13H,11H2,1-3H3,(H,21,23). The summed E-state index contributed by atoms with van der Waals surface area (Å²) in [6.45, 7) is 3.78. The zero-order valence-electron chi connectivity index (χ0n) is 15.3. The van der Waals surface area contributed by atoms with E-state index in [1.807, 2.05) is 13.8 Å². The van der Waals surface area contributed by atoms with E-state index < -0.39 is 10.8 Å². The highest BCUT2D eigenvalue weighted by atomic mass is 16.6. The van der Waals surface area contributed by atoms with Crippen LogP contribution >= 0.6 is 0 Å². The van der Waals surface area contributed by atoms with Gasteiger partial charge in [0.05, 0.1) is 30.8 Å². The molecule has 0 heterocycles. The number of para-hydroxylation sites is 2. The average Bonchev–Trinajstić information content (AvgIpc) is 2.62. The molecule has 0 unspecified atom stereocenters. The molecule has 0 saturated heterocycles. The average molecular weight is 371 g/mol. The first-order valence-corrected chi connectivity index (χ1v) is 8.30. The van der Waals surface area contributed by atoms with Gasteiger partial charge in [-0.1, -0.05) is 24.3 Å². The Hall–Kier alpha value is -3.42. The van der Waals surface area contributed by atoms with Gasteiger partial charge in [-0.3, -0.25) is 14.9 Å². The quantitative estimate of drug-likeness (QED) is 0.436. The van der Waals surface area contributed by atoms with Crippen LogP contribution in [0, 0.1) is 10.1 Å². The molecular weight excluding hydrogens is 350 g/mol. The minimum Gasteiger partial charge on any atom is -0.493 e. The largest absolute Gasteiger partial charge is 0.493 e. The number of methoxy groups -OCH3 is 1. The van der Waals surface area contributed by atoms with E-state index in [0.29, 0.717) is 22.6 Å². The Kier molecular flexibility index (Phi) is 6.87. The Morgan fingerprint density at radius 3 is 2.67 bits per heavy atom. The van der Waals surface area contributed by atoms with Crippen molar-refractivity contribution < 1.29 is 19.2 Å². The van der Waals surface area contributed by atoms with Crippen LogP contribution in [0.25, 0.3) is 0 Å². The monoisotopic (exact) mass is 371 g/mol. The number of benzene rings is 2. The van der Waals surface area contributed by atoms with Crippen LogP contribution in [0.1, 0.15) is 25.0 Å². The molecule has 0 bridgehead atoms. The van der Waals surface area contributed by atoms with Gasteiger partial charge in [0.1, 0.15) is 0 Å². The minimum absolute atomic E-state index is 0.0679. The molecule has 1 N–H and O–H groups in total. The zero-order valence-corrected chi connectivity index (χ0v) is 15.3. The first-order valence-electron chi connectivity index (χ1n) is 8.30. The zero-order chi connectivity index (χ0) is 19.8. The summed E-state index contributed by atoms with van der Waals surface area (Å²) >= 11 is 0. The summed E-state index contributed by atoms with van der Waals surface area (Å²) < 4.78 is 11.0. The number of nitro groups is 1. The van der Waals surface area contributed by atoms with Crippen molar-refractivity contribution in [3.8, 4) is 11.5 Å². The number of carbonyl (C=O) groups excluding carboxylic acids is 1. The molecule has 2 aromatic rings. The van der Waals surface area contributed by atoms with Crippen LogP contribution in [0.15, 0.2) is 47.6 Å². The Balaban J connectivity index is 2.10. The molecular formula is C19H21N3O5. The highest BCUT2D eigenvalue weighted by Gasteiger charge is 2.15. The maximum Gasteiger partial charge on any atom is 0.273 e. The third kappa shape index (κ3) is 5.53. The van der Waals surface area contributed by atoms with Crippen LogP contribution in [-0.2, 0) is 11.2 Å². The van der Waals surface area contributed by atoms with Gasteiger partial charge in [-0.15, -0.1) is 0 Å². The molecule has 0 fully saturated rings. The van der Waals surface area contributed by atoms with Gasteiger partial charge in [0.2, 0.25) is 5.91 Å². The second-order valence-electron chi connectivity index (χ2n) is 5.90. The van der Waals surface area contributed by atoms with Gasteiger partial charge in [-0.25, -0.2) is 5.43 Å². The van der Waals surface area contributed by atoms with Crippen LogP contribution in [-0.4, -0.2) is 30.3 Å². The lowest BCUT2D eigenvalue weighted by atomic mass is 10.1. The van der Waals surface area contributed by atoms with E-state index in [1.54, 1.807) is 30.3 Å². The van der Waals surface area contributed by atoms with Crippen LogP contribution < -0.4 is 14.9 Å². The number of nitrogens with one attached hydrogen (secondary N) is 1. The van der Waals surface area contributed by atoms with E-state index in [4.69, 9.17) is 9.47 Å². The van der Waals surface area contributed by atoms with Gasteiger partial charge in [0.15, 0.2) is 11.5 Å². The van der Waals surface area contributed by atoms with Crippen molar-refractivity contribution in [1.82, 2.24) is 5.43 Å². The number of ether oxygens (including phenoxy) is 2. The molecule has 2 rings (SSSR count). The molecule has 0 spiro atoms. The highest BCUT2D eigenvalue weighted by molar-refractivity contribution is 5.87. The van der Waals surface area contributed by atoms with Gasteiger partial charge in [0.25, 0.3) is 5.69 Å². The van der Waals surface area contributed by atoms with Crippen molar-refractivity contribution in [2.75, 3.05) is 7.11 Å². The van der Waals surface area contributed by atoms with E-state index in [-0.39, 0.29) is 18.2 Å². The lowest BCUT2D eigenvalue weighted by Gasteiger charge is -2.15. The number of nitro benzene ring substituents is 1. The Morgan fingerprint density at radius 2 is 2.00 bits per heavy atom. The van der Waals surface area contributed by atoms with Crippen molar-refractivity contribution in [2.45, 2.75) is 26.4 Å². The second-order valence-corrected chi connectivity index (χ2v) is 5.90. The molecule has 0 atom stereocenters. The molecule has 27 heavy (non-hydrogen) atoms. The predicted octanol–water partition coefficient (Wildman–Crippen LogP) is 3.08. The Morgan fingerprint density at radius 1 is 1.26 bits per heavy atom. The minimum atomic E-state index is -0.516. The number of hydrogen-bond acceptors (Lipinski definition) is 6. The lowest BCUT2D eigenvalue weighted by Crippen LogP contribution is -2.20. The molecule has 0 saturated carbocycles. The highest BCUT2D eigenvalue weighted by Crippen LogP contribution is 2.30. The summed E-state index contributed by atoms with van der Waals surface area (Å²) in [6, 6.07) is 11.4. The molecule has 2 aromatic carbocycles. The first-order chi connectivity index (χ1) is 12.9. The molecule has 142 valence electrons. The fourth-order valence-corrected chi connectivity index (χ4v) is 2.38. The van der Waals surface area contributed by atoms with Gasteiger partial charge in [-0.05, 0) is 26.0 Å². The van der Waals surface area contributed by atoms with Crippen LogP contribution in [0.3, 0.4) is 0 Å². The molecule has 8 nitrogen and oxygen atoms in total. The molecule has 8 heteroatoms. The summed E-state index contributed by atoms with van der Waals surface area (Å²) in [5.41, 5.74) is 3.23. The van der Waals surface area contributed by atoms with Crippen LogP contribution in [0.2, 0.25) is 0 Å². The number of amides is 1. The third-order valence-corrected chi connectivity index (χ3v) is 3.52. The summed E-state index contributed by atoms with van der Waals surface area (Å²) in [7, 11) is 1.54. The fraction of sp³-hybridized carbons (Fsp3) is 0.263. The number of rotatable bonds is 8. The van der Waals surface area contributed by atoms with E-state index in [1.165, 1.54) is 25.5 Å². The first kappa shape index (κ1) is 19.9. The SMILES string of the molecule is COc1cccc(C=NNC(=O)Cc2ccccc2[N+](=O)[O-])c1OC(C)C. The topological polar surface area (TPSA) is 103 Å². The summed E-state index contributed by atoms with van der Waals surface area (Å²) in [5.74, 6) is 0.611. The number of hydrazone groups is 1. The van der Waals surface area contributed by atoms with E-state index in [2.05, 4.69) is 10.5 Å². The Bertz CT molecular complexity index is 849. The van der Waals surface area contributed by atoms with E-state index in [9.17, 15) is 14.9 Å². The van der Waals surface area contributed by atoms with Crippen LogP contribution in [0.4, 0.5) is 5.69 Å². The molecule has 1 amide bonds. The molecule has 0 aromatic heterocycles. The van der Waals surface area contributed by atoms with E-state index >= 15 is 0 Å². The maximum absolute atomic E-state index is 12.1. The second kappa shape index (κ2) is 9.33. The normalized spacial score (nSPS) is 10.8. The van der Waals surface area contributed by atoms with Gasteiger partial charge < -0.3 is 9.47 Å². The number of carbonyl (C=O) groups is 1. The molecule has 0 aliphatic carbocycles. The van der Waals surface area contributed by atoms with Gasteiger partial charge in [0, 0.05) is 17.2 Å². The smallest absolute Gasteiger partial charge is 0.273 e. The molecule has 0 radical (unpaired) electrons. The predicted molar refractivity (Wildman–Crippen MR) is 101 cm³/mol. The van der Waals surface area contributed by atoms with Crippen molar-refractivity contribution in [3.05, 3.63) is 63.7 Å². The van der Waals surface area contributed by atoms with Gasteiger partial charge in [-0.2, -0.15) is 5.10 Å². The lowest BCUT2D eigenvalue weighted by molar-refractivity contribution is -0.385. The fourth-order valence-electron chi connectivity index (χ4n) is 2.38. The van der Waals surface area contributed by atoms with Gasteiger partial charge >= 0.3 is 0 Å². The summed E-state index contributed by atoms with van der Waals surface area (Å²) in [5, 5.41) is 14.9. The summed E-state index contributed by atoms with van der Waals surface area (Å²) in [6.07, 6.45) is 1.22. The van der Waals surface area contributed by atoms with Crippen molar-refractivity contribution >= 4 is 17.8 Å². The Labute approximate surface area is 157 Å². The number of nitrogens with zero attached hydrogens (tertiary/aromatic N) is 2. The van der Waals surface area contributed by atoms with E-state index in [0.717, 1.165) is 0 Å². The van der Waals surface area contributed by atoms with Crippen molar-refractivity contribution in [1.29, 1.82) is 0 Å². The van der Waals surface area contributed by atoms with Crippen LogP contribution in [0.5, 0.6) is 11.5 Å². The number of hydrogen-bond donors (Lipinski definition) is 1. The third-order valence-electron chi connectivity index (χ3n) is 3.52.